The molecule has 8 nitrogen and oxygen atoms in total. The first kappa shape index (κ1) is 18.9. The minimum Gasteiger partial charge on any atom is -0.494 e. The maximum Gasteiger partial charge on any atom is 0.270 e. The number of carbonyl (C=O) groups excluding carboxylic acids is 2. The van der Waals surface area contributed by atoms with Gasteiger partial charge in [0.2, 0.25) is 0 Å². The van der Waals surface area contributed by atoms with Crippen molar-refractivity contribution in [3.63, 3.8) is 0 Å². The summed E-state index contributed by atoms with van der Waals surface area (Å²) in [4.78, 5) is 26.0. The molecule has 3 aromatic rings. The van der Waals surface area contributed by atoms with Crippen LogP contribution in [0.15, 0.2) is 42.7 Å². The summed E-state index contributed by atoms with van der Waals surface area (Å²) < 4.78 is 8.97. The normalized spacial score (nSPS) is 14.0. The van der Waals surface area contributed by atoms with Crippen molar-refractivity contribution in [2.75, 3.05) is 19.7 Å². The van der Waals surface area contributed by atoms with E-state index >= 15 is 0 Å². The fourth-order valence-electron chi connectivity index (χ4n) is 3.40. The molecule has 2 aromatic heterocycles. The molecule has 1 fully saturated rings. The number of ether oxygens (including phenoxy) is 1. The highest BCUT2D eigenvalue weighted by atomic mass is 16.5. The number of hydrogen-bond donors (Lipinski definition) is 0. The quantitative estimate of drug-likeness (QED) is 0.601. The number of amides is 1. The molecule has 1 aromatic carbocycles. The van der Waals surface area contributed by atoms with Crippen LogP contribution < -0.4 is 4.74 Å². The molecule has 0 radical (unpaired) electrons. The van der Waals surface area contributed by atoms with E-state index in [0.29, 0.717) is 31.0 Å². The third-order valence-corrected chi connectivity index (χ3v) is 5.13. The second-order valence-corrected chi connectivity index (χ2v) is 7.19. The number of aryl methyl sites for hydroxylation is 1. The average Bonchev–Trinajstić information content (AvgIpc) is 3.28. The van der Waals surface area contributed by atoms with Crippen molar-refractivity contribution in [2.24, 2.45) is 7.05 Å². The van der Waals surface area contributed by atoms with E-state index in [1.54, 1.807) is 28.8 Å². The van der Waals surface area contributed by atoms with Crippen LogP contribution in [0.25, 0.3) is 11.3 Å². The molecule has 0 N–H and O–H groups in total. The maximum atomic E-state index is 12.7. The molecule has 1 aliphatic heterocycles. The Balaban J connectivity index is 1.40. The first-order valence-electron chi connectivity index (χ1n) is 9.58. The van der Waals surface area contributed by atoms with Gasteiger partial charge in [0.05, 0.1) is 18.8 Å². The topological polar surface area (TPSA) is 82.2 Å². The van der Waals surface area contributed by atoms with Gasteiger partial charge in [0, 0.05) is 37.5 Å². The monoisotopic (exact) mass is 393 g/mol. The molecule has 0 bridgehead atoms. The molecule has 0 atom stereocenters. The fraction of sp³-hybridized carbons (Fsp3) is 0.333. The van der Waals surface area contributed by atoms with Crippen molar-refractivity contribution in [1.29, 1.82) is 0 Å². The van der Waals surface area contributed by atoms with Crippen molar-refractivity contribution in [3.05, 3.63) is 54.0 Å². The molecular formula is C21H23N5O3. The van der Waals surface area contributed by atoms with E-state index in [9.17, 15) is 9.59 Å². The van der Waals surface area contributed by atoms with E-state index in [4.69, 9.17) is 4.74 Å². The minimum atomic E-state index is -0.0805. The Bertz CT molecular complexity index is 1040. The molecule has 1 aliphatic rings. The molecule has 1 amide bonds. The molecule has 29 heavy (non-hydrogen) atoms. The van der Waals surface area contributed by atoms with Crippen LogP contribution in [0, 0.1) is 0 Å². The molecule has 0 spiro atoms. The fourth-order valence-corrected chi connectivity index (χ4v) is 3.40. The summed E-state index contributed by atoms with van der Waals surface area (Å²) in [6, 6.07) is 9.48. The molecule has 3 heterocycles. The Morgan fingerprint density at radius 3 is 2.52 bits per heavy atom. The number of carbonyl (C=O) groups is 2. The van der Waals surface area contributed by atoms with Gasteiger partial charge in [0.15, 0.2) is 5.78 Å². The third-order valence-electron chi connectivity index (χ3n) is 5.13. The SMILES string of the molecule is CCOc1ccc(-c2cn(C3CN(C(=O)c4cc(C(C)=O)cn4C)C3)nn2)cc1. The van der Waals surface area contributed by atoms with Gasteiger partial charge in [-0.3, -0.25) is 9.59 Å². The molecule has 0 saturated carbocycles. The standard InChI is InChI=1S/C21H23N5O3/c1-4-29-18-7-5-15(6-8-18)19-13-26(23-22-19)17-11-25(12-17)21(28)20-9-16(14(2)27)10-24(20)3/h5-10,13,17H,4,11-12H2,1-3H3. The predicted octanol–water partition coefficient (Wildman–Crippen LogP) is 2.58. The van der Waals surface area contributed by atoms with E-state index in [1.165, 1.54) is 6.92 Å². The molecule has 8 heteroatoms. The highest BCUT2D eigenvalue weighted by Crippen LogP contribution is 2.26. The van der Waals surface area contributed by atoms with Gasteiger partial charge in [-0.2, -0.15) is 0 Å². The summed E-state index contributed by atoms with van der Waals surface area (Å²) in [5, 5.41) is 8.49. The second kappa shape index (κ2) is 7.54. The van der Waals surface area contributed by atoms with E-state index in [0.717, 1.165) is 17.0 Å². The van der Waals surface area contributed by atoms with Gasteiger partial charge in [-0.25, -0.2) is 4.68 Å². The number of aromatic nitrogens is 4. The average molecular weight is 393 g/mol. The first-order chi connectivity index (χ1) is 14.0. The van der Waals surface area contributed by atoms with Crippen molar-refractivity contribution in [2.45, 2.75) is 19.9 Å². The lowest BCUT2D eigenvalue weighted by molar-refractivity contribution is 0.0489. The van der Waals surface area contributed by atoms with Crippen LogP contribution in [0.2, 0.25) is 0 Å². The van der Waals surface area contributed by atoms with Crippen LogP contribution in [-0.2, 0) is 7.05 Å². The molecule has 0 unspecified atom stereocenters. The van der Waals surface area contributed by atoms with Gasteiger partial charge >= 0.3 is 0 Å². The number of likely N-dealkylation sites (tertiary alicyclic amines) is 1. The second-order valence-electron chi connectivity index (χ2n) is 7.19. The van der Waals surface area contributed by atoms with Crippen LogP contribution in [0.3, 0.4) is 0 Å². The Hall–Kier alpha value is -3.42. The minimum absolute atomic E-state index is 0.0504. The van der Waals surface area contributed by atoms with Crippen LogP contribution in [0.5, 0.6) is 5.75 Å². The summed E-state index contributed by atoms with van der Waals surface area (Å²) in [5.41, 5.74) is 2.81. The Labute approximate surface area is 168 Å². The summed E-state index contributed by atoms with van der Waals surface area (Å²) >= 11 is 0. The van der Waals surface area contributed by atoms with E-state index in [2.05, 4.69) is 10.3 Å². The van der Waals surface area contributed by atoms with Crippen molar-refractivity contribution < 1.29 is 14.3 Å². The lowest BCUT2D eigenvalue weighted by Gasteiger charge is -2.38. The Morgan fingerprint density at radius 2 is 1.90 bits per heavy atom. The number of nitrogens with zero attached hydrogens (tertiary/aromatic N) is 5. The number of benzene rings is 1. The summed E-state index contributed by atoms with van der Waals surface area (Å²) in [6.45, 7) is 5.20. The highest BCUT2D eigenvalue weighted by molar-refractivity contribution is 5.99. The molecule has 1 saturated heterocycles. The molecule has 4 rings (SSSR count). The number of hydrogen-bond acceptors (Lipinski definition) is 5. The number of ketones is 1. The van der Waals surface area contributed by atoms with Crippen LogP contribution in [-0.4, -0.2) is 55.8 Å². The maximum absolute atomic E-state index is 12.7. The zero-order chi connectivity index (χ0) is 20.5. The van der Waals surface area contributed by atoms with E-state index in [-0.39, 0.29) is 17.7 Å². The Kier molecular flexibility index (Phi) is 4.92. The van der Waals surface area contributed by atoms with Crippen molar-refractivity contribution >= 4 is 11.7 Å². The zero-order valence-electron chi connectivity index (χ0n) is 16.7. The zero-order valence-corrected chi connectivity index (χ0v) is 16.7. The molecule has 150 valence electrons. The van der Waals surface area contributed by atoms with Gasteiger partial charge in [0.25, 0.3) is 5.91 Å². The summed E-state index contributed by atoms with van der Waals surface area (Å²) in [6.07, 6.45) is 3.59. The van der Waals surface area contributed by atoms with Crippen LogP contribution in [0.4, 0.5) is 0 Å². The summed E-state index contributed by atoms with van der Waals surface area (Å²) in [7, 11) is 1.78. The third kappa shape index (κ3) is 3.65. The van der Waals surface area contributed by atoms with Crippen LogP contribution in [0.1, 0.15) is 40.7 Å². The van der Waals surface area contributed by atoms with Gasteiger partial charge in [-0.15, -0.1) is 5.10 Å². The van der Waals surface area contributed by atoms with E-state index < -0.39 is 0 Å². The lowest BCUT2D eigenvalue weighted by atomic mass is 10.1. The van der Waals surface area contributed by atoms with Gasteiger partial charge in [-0.05, 0) is 44.2 Å². The van der Waals surface area contributed by atoms with Crippen molar-refractivity contribution in [3.8, 4) is 17.0 Å². The van der Waals surface area contributed by atoms with Crippen LogP contribution >= 0.6 is 0 Å². The van der Waals surface area contributed by atoms with Gasteiger partial charge in [0.1, 0.15) is 17.1 Å². The predicted molar refractivity (Wildman–Crippen MR) is 107 cm³/mol. The van der Waals surface area contributed by atoms with Gasteiger partial charge in [-0.1, -0.05) is 5.21 Å². The number of Topliss-reactive ketones (excluding diaryl/α,β-unsaturated/α-hetero) is 1. The first-order valence-corrected chi connectivity index (χ1v) is 9.58. The Morgan fingerprint density at radius 1 is 1.17 bits per heavy atom. The molecular weight excluding hydrogens is 370 g/mol. The summed E-state index contributed by atoms with van der Waals surface area (Å²) in [5.74, 6) is 0.694. The largest absolute Gasteiger partial charge is 0.494 e. The smallest absolute Gasteiger partial charge is 0.270 e. The van der Waals surface area contributed by atoms with Crippen molar-refractivity contribution in [1.82, 2.24) is 24.5 Å². The van der Waals surface area contributed by atoms with E-state index in [1.807, 2.05) is 42.1 Å². The molecule has 0 aliphatic carbocycles. The lowest BCUT2D eigenvalue weighted by Crippen LogP contribution is -2.51. The number of rotatable bonds is 6. The highest BCUT2D eigenvalue weighted by Gasteiger charge is 2.34. The van der Waals surface area contributed by atoms with Gasteiger partial charge < -0.3 is 14.2 Å².